The van der Waals surface area contributed by atoms with Gasteiger partial charge < -0.3 is 5.32 Å². The highest BCUT2D eigenvalue weighted by Gasteiger charge is 2.10. The fourth-order valence-corrected chi connectivity index (χ4v) is 2.65. The second kappa shape index (κ2) is 6.26. The number of fused-ring (bicyclic) bond motifs is 1. The van der Waals surface area contributed by atoms with Gasteiger partial charge in [0.1, 0.15) is 5.82 Å². The van der Waals surface area contributed by atoms with Crippen molar-refractivity contribution in [3.8, 4) is 11.4 Å². The summed E-state index contributed by atoms with van der Waals surface area (Å²) in [6.45, 7) is 0. The van der Waals surface area contributed by atoms with E-state index >= 15 is 0 Å². The number of halogens is 1. The van der Waals surface area contributed by atoms with Crippen molar-refractivity contribution >= 4 is 34.0 Å². The Morgan fingerprint density at radius 1 is 0.875 bits per heavy atom. The molecule has 4 rings (SSSR count). The van der Waals surface area contributed by atoms with Gasteiger partial charge in [0.15, 0.2) is 5.82 Å². The molecule has 0 aliphatic heterocycles. The Morgan fingerprint density at radius 3 is 2.54 bits per heavy atom. The summed E-state index contributed by atoms with van der Waals surface area (Å²) < 4.78 is 0. The van der Waals surface area contributed by atoms with Gasteiger partial charge in [-0.25, -0.2) is 9.97 Å². The van der Waals surface area contributed by atoms with Crippen LogP contribution in [0.15, 0.2) is 73.1 Å². The van der Waals surface area contributed by atoms with Gasteiger partial charge in [-0.15, -0.1) is 0 Å². The van der Waals surface area contributed by atoms with E-state index in [1.807, 2.05) is 60.7 Å². The van der Waals surface area contributed by atoms with Crippen molar-refractivity contribution in [1.29, 1.82) is 0 Å². The van der Waals surface area contributed by atoms with E-state index in [-0.39, 0.29) is 0 Å². The van der Waals surface area contributed by atoms with E-state index in [1.165, 1.54) is 0 Å². The van der Waals surface area contributed by atoms with Crippen molar-refractivity contribution in [2.45, 2.75) is 0 Å². The Morgan fingerprint density at radius 2 is 1.75 bits per heavy atom. The molecule has 0 aliphatic rings. The van der Waals surface area contributed by atoms with Crippen LogP contribution in [0.5, 0.6) is 0 Å². The molecule has 0 bridgehead atoms. The molecule has 5 heteroatoms. The van der Waals surface area contributed by atoms with E-state index in [0.29, 0.717) is 16.7 Å². The highest BCUT2D eigenvalue weighted by molar-refractivity contribution is 6.31. The fourth-order valence-electron chi connectivity index (χ4n) is 2.48. The fraction of sp³-hybridized carbons (Fsp3) is 0. The number of pyridine rings is 1. The molecule has 0 aliphatic carbocycles. The van der Waals surface area contributed by atoms with E-state index in [4.69, 9.17) is 11.6 Å². The molecule has 116 valence electrons. The van der Waals surface area contributed by atoms with E-state index in [9.17, 15) is 0 Å². The van der Waals surface area contributed by atoms with Crippen molar-refractivity contribution in [3.05, 3.63) is 78.1 Å². The lowest BCUT2D eigenvalue weighted by molar-refractivity contribution is 1.20. The lowest BCUT2D eigenvalue weighted by Crippen LogP contribution is -1.99. The Balaban J connectivity index is 1.90. The van der Waals surface area contributed by atoms with Gasteiger partial charge in [0, 0.05) is 34.1 Å². The first-order valence-electron chi connectivity index (χ1n) is 7.49. The van der Waals surface area contributed by atoms with Gasteiger partial charge in [-0.05, 0) is 42.5 Å². The Labute approximate surface area is 144 Å². The minimum absolute atomic E-state index is 0.622. The average molecular weight is 333 g/mol. The summed E-state index contributed by atoms with van der Waals surface area (Å²) >= 11 is 6.16. The van der Waals surface area contributed by atoms with E-state index in [1.54, 1.807) is 12.4 Å². The van der Waals surface area contributed by atoms with E-state index in [0.717, 1.165) is 22.2 Å². The van der Waals surface area contributed by atoms with Crippen molar-refractivity contribution in [1.82, 2.24) is 15.0 Å². The van der Waals surface area contributed by atoms with Crippen LogP contribution < -0.4 is 5.32 Å². The molecule has 4 nitrogen and oxygen atoms in total. The van der Waals surface area contributed by atoms with Crippen molar-refractivity contribution in [3.63, 3.8) is 0 Å². The second-order valence-corrected chi connectivity index (χ2v) is 5.73. The van der Waals surface area contributed by atoms with Crippen LogP contribution in [-0.2, 0) is 0 Å². The van der Waals surface area contributed by atoms with Gasteiger partial charge in [0.2, 0.25) is 0 Å². The summed E-state index contributed by atoms with van der Waals surface area (Å²) in [4.78, 5) is 13.5. The summed E-state index contributed by atoms with van der Waals surface area (Å²) in [5, 5.41) is 4.88. The molecule has 1 N–H and O–H groups in total. The van der Waals surface area contributed by atoms with E-state index in [2.05, 4.69) is 20.3 Å². The van der Waals surface area contributed by atoms with Crippen LogP contribution in [0.2, 0.25) is 5.02 Å². The van der Waals surface area contributed by atoms with Gasteiger partial charge in [-0.3, -0.25) is 4.98 Å². The molecule has 4 aromatic rings. The first-order valence-corrected chi connectivity index (χ1v) is 7.87. The molecule has 2 aromatic carbocycles. The quantitative estimate of drug-likeness (QED) is 0.567. The molecule has 2 aromatic heterocycles. The summed E-state index contributed by atoms with van der Waals surface area (Å²) in [6, 6.07) is 19.3. The highest BCUT2D eigenvalue weighted by Crippen LogP contribution is 2.29. The molecular weight excluding hydrogens is 320 g/mol. The van der Waals surface area contributed by atoms with Crippen molar-refractivity contribution in [2.75, 3.05) is 5.32 Å². The number of benzene rings is 2. The van der Waals surface area contributed by atoms with Gasteiger partial charge in [0.05, 0.1) is 5.52 Å². The molecule has 0 unspecified atom stereocenters. The van der Waals surface area contributed by atoms with E-state index < -0.39 is 0 Å². The monoisotopic (exact) mass is 332 g/mol. The van der Waals surface area contributed by atoms with Gasteiger partial charge >= 0.3 is 0 Å². The molecular formula is C19H13ClN4. The van der Waals surface area contributed by atoms with Gasteiger partial charge in [-0.1, -0.05) is 29.8 Å². The number of rotatable bonds is 3. The van der Waals surface area contributed by atoms with Gasteiger partial charge in [0.25, 0.3) is 0 Å². The second-order valence-electron chi connectivity index (χ2n) is 5.29. The number of nitrogens with zero attached hydrogens (tertiary/aromatic N) is 3. The lowest BCUT2D eigenvalue weighted by Gasteiger charge is -2.11. The lowest BCUT2D eigenvalue weighted by atomic mass is 10.2. The molecule has 0 atom stereocenters. The summed E-state index contributed by atoms with van der Waals surface area (Å²) in [5.41, 5.74) is 2.65. The maximum Gasteiger partial charge on any atom is 0.163 e. The number of nitrogens with one attached hydrogen (secondary N) is 1. The van der Waals surface area contributed by atoms with Crippen LogP contribution in [0.4, 0.5) is 11.5 Å². The number of anilines is 2. The van der Waals surface area contributed by atoms with Crippen LogP contribution in [0.1, 0.15) is 0 Å². The van der Waals surface area contributed by atoms with Crippen LogP contribution in [-0.4, -0.2) is 15.0 Å². The normalized spacial score (nSPS) is 10.7. The molecule has 0 amide bonds. The van der Waals surface area contributed by atoms with Crippen LogP contribution in [0, 0.1) is 0 Å². The third-order valence-electron chi connectivity index (χ3n) is 3.61. The molecule has 0 radical (unpaired) electrons. The minimum atomic E-state index is 0.622. The zero-order valence-electron chi connectivity index (χ0n) is 12.6. The van der Waals surface area contributed by atoms with Crippen molar-refractivity contribution in [2.24, 2.45) is 0 Å². The highest BCUT2D eigenvalue weighted by atomic mass is 35.5. The van der Waals surface area contributed by atoms with Crippen molar-refractivity contribution < 1.29 is 0 Å². The Kier molecular flexibility index (Phi) is 3.81. The minimum Gasteiger partial charge on any atom is -0.340 e. The first kappa shape index (κ1) is 14.6. The smallest absolute Gasteiger partial charge is 0.163 e. The molecule has 0 fully saturated rings. The number of hydrogen-bond acceptors (Lipinski definition) is 4. The maximum absolute atomic E-state index is 6.16. The molecule has 0 spiro atoms. The number of hydrogen-bond donors (Lipinski definition) is 1. The van der Waals surface area contributed by atoms with Crippen LogP contribution in [0.25, 0.3) is 22.3 Å². The molecule has 24 heavy (non-hydrogen) atoms. The predicted molar refractivity (Wildman–Crippen MR) is 97.5 cm³/mol. The Bertz CT molecular complexity index is 988. The number of aromatic nitrogens is 3. The SMILES string of the molecule is Clc1ccc2nc(-c3cccnc3)nc(Nc3ccccc3)c2c1. The zero-order valence-corrected chi connectivity index (χ0v) is 13.4. The summed E-state index contributed by atoms with van der Waals surface area (Å²) in [6.07, 6.45) is 3.48. The average Bonchev–Trinajstić information content (AvgIpc) is 2.63. The predicted octanol–water partition coefficient (Wildman–Crippen LogP) is 5.09. The summed E-state index contributed by atoms with van der Waals surface area (Å²) in [5.74, 6) is 1.34. The standard InChI is InChI=1S/C19H13ClN4/c20-14-8-9-17-16(11-14)19(22-15-6-2-1-3-7-15)24-18(23-17)13-5-4-10-21-12-13/h1-12H,(H,22,23,24). The molecule has 0 saturated carbocycles. The summed E-state index contributed by atoms with van der Waals surface area (Å²) in [7, 11) is 0. The first-order chi connectivity index (χ1) is 11.8. The van der Waals surface area contributed by atoms with Crippen LogP contribution >= 0.6 is 11.6 Å². The number of para-hydroxylation sites is 1. The zero-order chi connectivity index (χ0) is 16.4. The van der Waals surface area contributed by atoms with Gasteiger partial charge in [-0.2, -0.15) is 0 Å². The maximum atomic E-state index is 6.16. The third kappa shape index (κ3) is 2.92. The third-order valence-corrected chi connectivity index (χ3v) is 3.85. The molecule has 2 heterocycles. The largest absolute Gasteiger partial charge is 0.340 e. The Hall–Kier alpha value is -2.98. The topological polar surface area (TPSA) is 50.7 Å². The molecule has 0 saturated heterocycles. The van der Waals surface area contributed by atoms with Crippen LogP contribution in [0.3, 0.4) is 0 Å².